The third-order valence-corrected chi connectivity index (χ3v) is 3.24. The van der Waals surface area contributed by atoms with Crippen LogP contribution < -0.4 is 0 Å². The molecule has 0 atom stereocenters. The van der Waals surface area contributed by atoms with E-state index in [0.717, 1.165) is 12.1 Å². The van der Waals surface area contributed by atoms with Gasteiger partial charge in [0.1, 0.15) is 5.82 Å². The Kier molecular flexibility index (Phi) is 4.13. The molecule has 20 heavy (non-hydrogen) atoms. The molecule has 1 nitrogen and oxygen atoms in total. The van der Waals surface area contributed by atoms with Gasteiger partial charge in [-0.1, -0.05) is 30.3 Å². The van der Waals surface area contributed by atoms with Crippen LogP contribution in [0.3, 0.4) is 0 Å². The Morgan fingerprint density at radius 2 is 1.65 bits per heavy atom. The molecule has 0 unspecified atom stereocenters. The first-order valence-electron chi connectivity index (χ1n) is 5.52. The van der Waals surface area contributed by atoms with Crippen LogP contribution in [0, 0.1) is 5.82 Å². The molecule has 0 aliphatic heterocycles. The molecule has 0 radical (unpaired) electrons. The molecule has 2 aromatic rings. The summed E-state index contributed by atoms with van der Waals surface area (Å²) in [6, 6.07) is 10.6. The lowest BCUT2D eigenvalue weighted by atomic mass is 10.0. The molecule has 0 aliphatic rings. The number of hydrogen-bond donors (Lipinski definition) is 0. The van der Waals surface area contributed by atoms with Gasteiger partial charge in [-0.15, -0.1) is 0 Å². The van der Waals surface area contributed by atoms with Crippen LogP contribution in [0.2, 0.25) is 0 Å². The summed E-state index contributed by atoms with van der Waals surface area (Å²) in [5.74, 6) is -1.39. The Morgan fingerprint density at radius 1 is 1.00 bits per heavy atom. The van der Waals surface area contributed by atoms with Gasteiger partial charge in [0, 0.05) is 16.0 Å². The van der Waals surface area contributed by atoms with Crippen molar-refractivity contribution in [3.63, 3.8) is 0 Å². The number of thioether (sulfide) groups is 1. The SMILES string of the molecule is O=C(c1ccccc1)c1ccc(F)cc1SC(F)(F)F. The average molecular weight is 300 g/mol. The number of carbonyl (C=O) groups excluding carboxylic acids is 1. The summed E-state index contributed by atoms with van der Waals surface area (Å²) in [5, 5.41) is 0. The van der Waals surface area contributed by atoms with Crippen molar-refractivity contribution in [3.05, 3.63) is 65.5 Å². The monoisotopic (exact) mass is 300 g/mol. The first-order valence-corrected chi connectivity index (χ1v) is 6.33. The lowest BCUT2D eigenvalue weighted by molar-refractivity contribution is -0.0328. The fraction of sp³-hybridized carbons (Fsp3) is 0.0714. The van der Waals surface area contributed by atoms with E-state index >= 15 is 0 Å². The fourth-order valence-electron chi connectivity index (χ4n) is 1.64. The molecule has 0 aliphatic carbocycles. The second kappa shape index (κ2) is 5.66. The summed E-state index contributed by atoms with van der Waals surface area (Å²) in [6.07, 6.45) is 0. The lowest BCUT2D eigenvalue weighted by Crippen LogP contribution is -2.07. The number of carbonyl (C=O) groups is 1. The zero-order chi connectivity index (χ0) is 14.8. The van der Waals surface area contributed by atoms with Crippen molar-refractivity contribution in [3.8, 4) is 0 Å². The number of rotatable bonds is 3. The van der Waals surface area contributed by atoms with Crippen molar-refractivity contribution in [2.24, 2.45) is 0 Å². The Morgan fingerprint density at radius 3 is 2.25 bits per heavy atom. The van der Waals surface area contributed by atoms with Crippen molar-refractivity contribution >= 4 is 17.5 Å². The third kappa shape index (κ3) is 3.60. The molecule has 0 aromatic heterocycles. The molecule has 0 saturated carbocycles. The van der Waals surface area contributed by atoms with Gasteiger partial charge in [0.2, 0.25) is 0 Å². The van der Waals surface area contributed by atoms with E-state index in [2.05, 4.69) is 0 Å². The van der Waals surface area contributed by atoms with Crippen LogP contribution in [-0.2, 0) is 0 Å². The van der Waals surface area contributed by atoms with Crippen LogP contribution in [0.4, 0.5) is 17.6 Å². The van der Waals surface area contributed by atoms with Crippen LogP contribution >= 0.6 is 11.8 Å². The molecule has 2 rings (SSSR count). The summed E-state index contributed by atoms with van der Waals surface area (Å²) in [5.41, 5.74) is -4.50. The minimum atomic E-state index is -4.58. The molecule has 0 spiro atoms. The lowest BCUT2D eigenvalue weighted by Gasteiger charge is -2.10. The third-order valence-electron chi connectivity index (χ3n) is 2.45. The smallest absolute Gasteiger partial charge is 0.289 e. The van der Waals surface area contributed by atoms with Crippen molar-refractivity contribution in [2.45, 2.75) is 10.4 Å². The van der Waals surface area contributed by atoms with Gasteiger partial charge in [0.05, 0.1) is 0 Å². The maximum Gasteiger partial charge on any atom is 0.446 e. The second-order valence-electron chi connectivity index (χ2n) is 3.88. The van der Waals surface area contributed by atoms with Gasteiger partial charge in [-0.05, 0) is 30.0 Å². The Labute approximate surface area is 116 Å². The summed E-state index contributed by atoms with van der Waals surface area (Å²) < 4.78 is 50.4. The van der Waals surface area contributed by atoms with E-state index in [1.807, 2.05) is 0 Å². The molecule has 2 aromatic carbocycles. The number of benzene rings is 2. The predicted molar refractivity (Wildman–Crippen MR) is 68.2 cm³/mol. The van der Waals surface area contributed by atoms with E-state index in [9.17, 15) is 22.4 Å². The molecule has 6 heteroatoms. The number of ketones is 1. The van der Waals surface area contributed by atoms with Gasteiger partial charge in [0.15, 0.2) is 5.78 Å². The molecular weight excluding hydrogens is 292 g/mol. The molecule has 0 N–H and O–H groups in total. The van der Waals surface area contributed by atoms with E-state index in [-0.39, 0.29) is 11.1 Å². The van der Waals surface area contributed by atoms with E-state index in [1.54, 1.807) is 18.2 Å². The van der Waals surface area contributed by atoms with E-state index < -0.39 is 33.8 Å². The highest BCUT2D eigenvalue weighted by Gasteiger charge is 2.31. The Bertz CT molecular complexity index is 623. The second-order valence-corrected chi connectivity index (χ2v) is 4.99. The topological polar surface area (TPSA) is 17.1 Å². The van der Waals surface area contributed by atoms with Crippen molar-refractivity contribution < 1.29 is 22.4 Å². The fourth-order valence-corrected chi connectivity index (χ4v) is 2.33. The van der Waals surface area contributed by atoms with Gasteiger partial charge < -0.3 is 0 Å². The van der Waals surface area contributed by atoms with Gasteiger partial charge >= 0.3 is 5.51 Å². The van der Waals surface area contributed by atoms with E-state index in [0.29, 0.717) is 6.07 Å². The average Bonchev–Trinajstić information content (AvgIpc) is 2.37. The van der Waals surface area contributed by atoms with Crippen LogP contribution in [-0.4, -0.2) is 11.3 Å². The number of alkyl halides is 3. The van der Waals surface area contributed by atoms with Crippen LogP contribution in [0.25, 0.3) is 0 Å². The molecule has 0 heterocycles. The highest BCUT2D eigenvalue weighted by molar-refractivity contribution is 8.00. The summed E-state index contributed by atoms with van der Waals surface area (Å²) >= 11 is -0.496. The molecular formula is C14H8F4OS. The molecule has 0 bridgehead atoms. The minimum Gasteiger partial charge on any atom is -0.289 e. The predicted octanol–water partition coefficient (Wildman–Crippen LogP) is 4.67. The Hall–Kier alpha value is -1.82. The minimum absolute atomic E-state index is 0.167. The summed E-state index contributed by atoms with van der Waals surface area (Å²) in [4.78, 5) is 11.7. The molecule has 0 amide bonds. The Balaban J connectivity index is 2.43. The van der Waals surface area contributed by atoms with Gasteiger partial charge in [-0.2, -0.15) is 13.2 Å². The van der Waals surface area contributed by atoms with Gasteiger partial charge in [0.25, 0.3) is 0 Å². The van der Waals surface area contributed by atoms with Gasteiger partial charge in [-0.3, -0.25) is 4.79 Å². The normalized spacial score (nSPS) is 11.4. The number of hydrogen-bond acceptors (Lipinski definition) is 2. The highest BCUT2D eigenvalue weighted by atomic mass is 32.2. The number of halogens is 4. The van der Waals surface area contributed by atoms with Crippen LogP contribution in [0.15, 0.2) is 53.4 Å². The first kappa shape index (κ1) is 14.6. The highest BCUT2D eigenvalue weighted by Crippen LogP contribution is 2.39. The maximum absolute atomic E-state index is 13.1. The molecule has 0 fully saturated rings. The van der Waals surface area contributed by atoms with E-state index in [4.69, 9.17) is 0 Å². The first-order chi connectivity index (χ1) is 9.37. The van der Waals surface area contributed by atoms with Crippen LogP contribution in [0.1, 0.15) is 15.9 Å². The van der Waals surface area contributed by atoms with Crippen molar-refractivity contribution in [1.82, 2.24) is 0 Å². The molecule has 104 valence electrons. The standard InChI is InChI=1S/C14H8F4OS/c15-10-6-7-11(12(8-10)20-14(16,17)18)13(19)9-4-2-1-3-5-9/h1-8H. The maximum atomic E-state index is 13.1. The molecule has 0 saturated heterocycles. The zero-order valence-electron chi connectivity index (χ0n) is 9.95. The largest absolute Gasteiger partial charge is 0.446 e. The quantitative estimate of drug-likeness (QED) is 0.465. The van der Waals surface area contributed by atoms with Crippen molar-refractivity contribution in [1.29, 1.82) is 0 Å². The van der Waals surface area contributed by atoms with Crippen molar-refractivity contribution in [2.75, 3.05) is 0 Å². The van der Waals surface area contributed by atoms with Gasteiger partial charge in [-0.25, -0.2) is 4.39 Å². The summed E-state index contributed by atoms with van der Waals surface area (Å²) in [6.45, 7) is 0. The summed E-state index contributed by atoms with van der Waals surface area (Å²) in [7, 11) is 0. The van der Waals surface area contributed by atoms with Crippen LogP contribution in [0.5, 0.6) is 0 Å². The zero-order valence-corrected chi connectivity index (χ0v) is 10.8. The van der Waals surface area contributed by atoms with E-state index in [1.165, 1.54) is 12.1 Å².